The number of carbonyl (C=O) groups is 1. The number of benzene rings is 1. The van der Waals surface area contributed by atoms with Crippen molar-refractivity contribution in [2.45, 2.75) is 32.1 Å². The molecular weight excluding hydrogens is 172 g/mol. The van der Waals surface area contributed by atoms with Crippen LogP contribution in [0.25, 0.3) is 0 Å². The Labute approximate surface area is 85.1 Å². The van der Waals surface area contributed by atoms with Crippen LogP contribution in [0.4, 0.5) is 0 Å². The van der Waals surface area contributed by atoms with E-state index in [9.17, 15) is 4.79 Å². The largest absolute Gasteiger partial charge is 0.294 e. The standard InChI is InChI=1S/C13H15O/c14-13(11-7-3-1-4-8-11)12-9-5-2-6-10-12/h5-6,9-11H,1,3-4,7-8H2. The Kier molecular flexibility index (Phi) is 2.97. The van der Waals surface area contributed by atoms with Crippen LogP contribution >= 0.6 is 0 Å². The third-order valence-corrected chi connectivity index (χ3v) is 2.98. The first-order valence-electron chi connectivity index (χ1n) is 5.38. The molecule has 1 heteroatoms. The van der Waals surface area contributed by atoms with Gasteiger partial charge in [0.15, 0.2) is 5.78 Å². The summed E-state index contributed by atoms with van der Waals surface area (Å²) in [6.07, 6.45) is 5.89. The van der Waals surface area contributed by atoms with E-state index in [0.717, 1.165) is 18.4 Å². The number of rotatable bonds is 2. The molecule has 0 aromatic heterocycles. The maximum atomic E-state index is 12.0. The highest BCUT2D eigenvalue weighted by molar-refractivity contribution is 5.97. The van der Waals surface area contributed by atoms with Gasteiger partial charge in [-0.15, -0.1) is 0 Å². The van der Waals surface area contributed by atoms with Crippen molar-refractivity contribution in [3.63, 3.8) is 0 Å². The predicted molar refractivity (Wildman–Crippen MR) is 56.2 cm³/mol. The molecule has 73 valence electrons. The molecule has 0 heterocycles. The van der Waals surface area contributed by atoms with Gasteiger partial charge < -0.3 is 0 Å². The highest BCUT2D eigenvalue weighted by atomic mass is 16.1. The van der Waals surface area contributed by atoms with Crippen LogP contribution in [0, 0.1) is 12.0 Å². The summed E-state index contributed by atoms with van der Waals surface area (Å²) < 4.78 is 0. The summed E-state index contributed by atoms with van der Waals surface area (Å²) in [5, 5.41) is 0. The SMILES string of the molecule is O=C(c1cc[c]cc1)C1CCCCC1. The number of hydrogen-bond acceptors (Lipinski definition) is 1. The van der Waals surface area contributed by atoms with Gasteiger partial charge in [-0.1, -0.05) is 43.5 Å². The first kappa shape index (κ1) is 9.45. The minimum atomic E-state index is 0.283. The van der Waals surface area contributed by atoms with E-state index < -0.39 is 0 Å². The molecule has 0 aliphatic heterocycles. The van der Waals surface area contributed by atoms with Gasteiger partial charge in [-0.2, -0.15) is 0 Å². The normalized spacial score (nSPS) is 18.0. The first-order chi connectivity index (χ1) is 6.88. The zero-order valence-corrected chi connectivity index (χ0v) is 8.33. The van der Waals surface area contributed by atoms with E-state index >= 15 is 0 Å². The van der Waals surface area contributed by atoms with Crippen molar-refractivity contribution in [1.29, 1.82) is 0 Å². The van der Waals surface area contributed by atoms with Crippen LogP contribution < -0.4 is 0 Å². The zero-order valence-electron chi connectivity index (χ0n) is 8.33. The Bertz CT molecular complexity index is 296. The smallest absolute Gasteiger partial charge is 0.165 e. The van der Waals surface area contributed by atoms with Gasteiger partial charge in [0, 0.05) is 11.5 Å². The fraction of sp³-hybridized carbons (Fsp3) is 0.462. The monoisotopic (exact) mass is 187 g/mol. The van der Waals surface area contributed by atoms with Gasteiger partial charge in [0.2, 0.25) is 0 Å². The third kappa shape index (κ3) is 2.03. The van der Waals surface area contributed by atoms with Crippen molar-refractivity contribution in [1.82, 2.24) is 0 Å². The molecule has 1 saturated carbocycles. The average molecular weight is 187 g/mol. The minimum Gasteiger partial charge on any atom is -0.294 e. The number of ketones is 1. The Morgan fingerprint density at radius 3 is 2.43 bits per heavy atom. The molecule has 14 heavy (non-hydrogen) atoms. The molecule has 1 radical (unpaired) electrons. The molecule has 0 saturated heterocycles. The Balaban J connectivity index is 2.07. The quantitative estimate of drug-likeness (QED) is 0.649. The van der Waals surface area contributed by atoms with Crippen LogP contribution in [0.5, 0.6) is 0 Å². The lowest BCUT2D eigenvalue weighted by molar-refractivity contribution is 0.0889. The molecule has 1 aliphatic carbocycles. The maximum Gasteiger partial charge on any atom is 0.165 e. The summed E-state index contributed by atoms with van der Waals surface area (Å²) in [6, 6.07) is 10.3. The van der Waals surface area contributed by atoms with Gasteiger partial charge >= 0.3 is 0 Å². The van der Waals surface area contributed by atoms with Crippen molar-refractivity contribution in [2.75, 3.05) is 0 Å². The van der Waals surface area contributed by atoms with Crippen LogP contribution in [0.15, 0.2) is 24.3 Å². The molecule has 1 aliphatic rings. The summed E-state index contributed by atoms with van der Waals surface area (Å²) in [6.45, 7) is 0. The molecular formula is C13H15O. The lowest BCUT2D eigenvalue weighted by Crippen LogP contribution is -2.17. The zero-order chi connectivity index (χ0) is 9.80. The molecule has 2 rings (SSSR count). The molecule has 0 bridgehead atoms. The molecule has 1 nitrogen and oxygen atoms in total. The molecule has 1 aromatic carbocycles. The van der Waals surface area contributed by atoms with Crippen LogP contribution in [0.3, 0.4) is 0 Å². The maximum absolute atomic E-state index is 12.0. The Morgan fingerprint density at radius 2 is 1.79 bits per heavy atom. The van der Waals surface area contributed by atoms with E-state index in [1.54, 1.807) is 0 Å². The van der Waals surface area contributed by atoms with E-state index in [0.29, 0.717) is 5.78 Å². The van der Waals surface area contributed by atoms with E-state index in [4.69, 9.17) is 0 Å². The van der Waals surface area contributed by atoms with Crippen LogP contribution in [-0.2, 0) is 0 Å². The molecule has 0 amide bonds. The molecule has 1 fully saturated rings. The summed E-state index contributed by atoms with van der Waals surface area (Å²) in [5.74, 6) is 0.616. The second kappa shape index (κ2) is 4.41. The first-order valence-corrected chi connectivity index (χ1v) is 5.38. The number of carbonyl (C=O) groups excluding carboxylic acids is 1. The second-order valence-electron chi connectivity index (χ2n) is 3.99. The van der Waals surface area contributed by atoms with E-state index in [-0.39, 0.29) is 5.92 Å². The summed E-state index contributed by atoms with van der Waals surface area (Å²) in [5.41, 5.74) is 0.857. The lowest BCUT2D eigenvalue weighted by Gasteiger charge is -2.20. The highest BCUT2D eigenvalue weighted by Crippen LogP contribution is 2.26. The van der Waals surface area contributed by atoms with Crippen molar-refractivity contribution in [3.8, 4) is 0 Å². The fourth-order valence-electron chi connectivity index (χ4n) is 2.15. The molecule has 0 spiro atoms. The van der Waals surface area contributed by atoms with Crippen molar-refractivity contribution < 1.29 is 4.79 Å². The van der Waals surface area contributed by atoms with Crippen LogP contribution in [-0.4, -0.2) is 5.78 Å². The van der Waals surface area contributed by atoms with E-state index in [1.165, 1.54) is 19.3 Å². The van der Waals surface area contributed by atoms with Gasteiger partial charge in [-0.25, -0.2) is 0 Å². The van der Waals surface area contributed by atoms with Crippen LogP contribution in [0.2, 0.25) is 0 Å². The summed E-state index contributed by atoms with van der Waals surface area (Å²) in [7, 11) is 0. The van der Waals surface area contributed by atoms with Gasteiger partial charge in [0.05, 0.1) is 0 Å². The average Bonchev–Trinajstić information content (AvgIpc) is 2.30. The summed E-state index contributed by atoms with van der Waals surface area (Å²) >= 11 is 0. The topological polar surface area (TPSA) is 17.1 Å². The molecule has 1 aromatic rings. The lowest BCUT2D eigenvalue weighted by atomic mass is 9.84. The number of Topliss-reactive ketones (excluding diaryl/α,β-unsaturated/α-hetero) is 1. The number of hydrogen-bond donors (Lipinski definition) is 0. The van der Waals surface area contributed by atoms with E-state index in [1.807, 2.05) is 24.3 Å². The van der Waals surface area contributed by atoms with Gasteiger partial charge in [0.1, 0.15) is 0 Å². The predicted octanol–water partition coefficient (Wildman–Crippen LogP) is 3.25. The molecule has 0 unspecified atom stereocenters. The van der Waals surface area contributed by atoms with E-state index in [2.05, 4.69) is 6.07 Å². The van der Waals surface area contributed by atoms with Gasteiger partial charge in [0.25, 0.3) is 0 Å². The van der Waals surface area contributed by atoms with Crippen molar-refractivity contribution in [2.24, 2.45) is 5.92 Å². The minimum absolute atomic E-state index is 0.283. The molecule has 0 atom stereocenters. The third-order valence-electron chi connectivity index (χ3n) is 2.98. The highest BCUT2D eigenvalue weighted by Gasteiger charge is 2.21. The van der Waals surface area contributed by atoms with Gasteiger partial charge in [-0.05, 0) is 18.9 Å². The Hall–Kier alpha value is -1.11. The van der Waals surface area contributed by atoms with Gasteiger partial charge in [-0.3, -0.25) is 4.79 Å². The molecule has 0 N–H and O–H groups in total. The fourth-order valence-corrected chi connectivity index (χ4v) is 2.15. The van der Waals surface area contributed by atoms with Crippen molar-refractivity contribution >= 4 is 5.78 Å². The Morgan fingerprint density at radius 1 is 1.14 bits per heavy atom. The summed E-state index contributed by atoms with van der Waals surface area (Å²) in [4.78, 5) is 12.0. The second-order valence-corrected chi connectivity index (χ2v) is 3.99. The van der Waals surface area contributed by atoms with Crippen molar-refractivity contribution in [3.05, 3.63) is 35.9 Å². The van der Waals surface area contributed by atoms with Crippen LogP contribution in [0.1, 0.15) is 42.5 Å².